The lowest BCUT2D eigenvalue weighted by Crippen LogP contribution is -2.37. The summed E-state index contributed by atoms with van der Waals surface area (Å²) in [6.45, 7) is 2.65. The molecule has 1 aromatic carbocycles. The van der Waals surface area contributed by atoms with Crippen LogP contribution in [0.4, 0.5) is 10.5 Å². The van der Waals surface area contributed by atoms with Crippen molar-refractivity contribution in [2.45, 2.75) is 49.6 Å². The highest BCUT2D eigenvalue weighted by Gasteiger charge is 2.45. The van der Waals surface area contributed by atoms with Gasteiger partial charge < -0.3 is 15.5 Å². The van der Waals surface area contributed by atoms with Crippen molar-refractivity contribution in [1.82, 2.24) is 9.80 Å². The second-order valence-electron chi connectivity index (χ2n) is 8.34. The number of urea groups is 1. The molecule has 0 bridgehead atoms. The molecule has 2 amide bonds. The molecule has 5 heteroatoms. The van der Waals surface area contributed by atoms with Gasteiger partial charge in [0.05, 0.1) is 6.04 Å². The van der Waals surface area contributed by atoms with Crippen molar-refractivity contribution in [2.75, 3.05) is 38.6 Å². The van der Waals surface area contributed by atoms with E-state index in [1.807, 2.05) is 9.80 Å². The Balaban J connectivity index is 1.50. The first-order chi connectivity index (χ1) is 12.0. The van der Waals surface area contributed by atoms with Crippen LogP contribution in [-0.4, -0.2) is 61.6 Å². The van der Waals surface area contributed by atoms with E-state index >= 15 is 0 Å². The van der Waals surface area contributed by atoms with E-state index in [0.29, 0.717) is 5.41 Å². The molecule has 0 spiro atoms. The topological polar surface area (TPSA) is 52.8 Å². The number of rotatable bonds is 5. The number of amides is 2. The van der Waals surface area contributed by atoms with Gasteiger partial charge in [0.15, 0.2) is 0 Å². The fourth-order valence-electron chi connectivity index (χ4n) is 4.70. The molecule has 2 saturated heterocycles. The largest absolute Gasteiger partial charge is 0.326 e. The molecule has 136 valence electrons. The zero-order chi connectivity index (χ0) is 17.6. The predicted octanol–water partition coefficient (Wildman–Crippen LogP) is 2.40. The molecular formula is C20H30N4O. The van der Waals surface area contributed by atoms with Gasteiger partial charge in [-0.25, -0.2) is 4.79 Å². The number of benzene rings is 1. The summed E-state index contributed by atoms with van der Waals surface area (Å²) in [4.78, 5) is 18.8. The smallest absolute Gasteiger partial charge is 0.324 e. The highest BCUT2D eigenvalue weighted by Crippen LogP contribution is 2.47. The molecule has 0 aromatic heterocycles. The van der Waals surface area contributed by atoms with Crippen LogP contribution in [0, 0.1) is 0 Å². The van der Waals surface area contributed by atoms with Crippen molar-refractivity contribution >= 4 is 11.7 Å². The lowest BCUT2D eigenvalue weighted by Gasteiger charge is -2.43. The van der Waals surface area contributed by atoms with Crippen molar-refractivity contribution < 1.29 is 4.79 Å². The third-order valence-corrected chi connectivity index (χ3v) is 6.58. The molecule has 0 radical (unpaired) electrons. The monoisotopic (exact) mass is 342 g/mol. The van der Waals surface area contributed by atoms with E-state index in [1.54, 1.807) is 0 Å². The van der Waals surface area contributed by atoms with E-state index in [2.05, 4.69) is 43.3 Å². The number of carbonyl (C=O) groups excluding carboxylic acids is 1. The van der Waals surface area contributed by atoms with Crippen LogP contribution in [0.2, 0.25) is 0 Å². The maximum absolute atomic E-state index is 12.7. The Morgan fingerprint density at radius 2 is 1.96 bits per heavy atom. The Labute approximate surface area is 150 Å². The van der Waals surface area contributed by atoms with Crippen LogP contribution < -0.4 is 10.6 Å². The molecule has 4 rings (SSSR count). The van der Waals surface area contributed by atoms with Gasteiger partial charge in [-0.05, 0) is 69.4 Å². The van der Waals surface area contributed by atoms with Crippen molar-refractivity contribution in [3.63, 3.8) is 0 Å². The predicted molar refractivity (Wildman–Crippen MR) is 101 cm³/mol. The van der Waals surface area contributed by atoms with Crippen LogP contribution in [0.25, 0.3) is 0 Å². The first kappa shape index (κ1) is 16.9. The second kappa shape index (κ2) is 6.29. The van der Waals surface area contributed by atoms with Gasteiger partial charge in [0, 0.05) is 24.8 Å². The summed E-state index contributed by atoms with van der Waals surface area (Å²) in [5, 5.41) is 0. The molecule has 0 unspecified atom stereocenters. The van der Waals surface area contributed by atoms with Crippen molar-refractivity contribution in [3.05, 3.63) is 29.8 Å². The number of hydrogen-bond acceptors (Lipinski definition) is 3. The summed E-state index contributed by atoms with van der Waals surface area (Å²) in [7, 11) is 4.29. The van der Waals surface area contributed by atoms with Gasteiger partial charge in [0.25, 0.3) is 0 Å². The normalized spacial score (nSPS) is 27.8. The average Bonchev–Trinajstić information content (AvgIpc) is 3.08. The number of carbonyl (C=O) groups is 1. The molecular weight excluding hydrogens is 312 g/mol. The quantitative estimate of drug-likeness (QED) is 0.894. The lowest BCUT2D eigenvalue weighted by molar-refractivity contribution is 0.201. The average molecular weight is 342 g/mol. The summed E-state index contributed by atoms with van der Waals surface area (Å²) >= 11 is 0. The minimum atomic E-state index is 0.122. The first-order valence-electron chi connectivity index (χ1n) is 9.59. The Morgan fingerprint density at radius 3 is 2.52 bits per heavy atom. The van der Waals surface area contributed by atoms with Crippen LogP contribution in [0.1, 0.15) is 37.7 Å². The third-order valence-electron chi connectivity index (χ3n) is 6.58. The van der Waals surface area contributed by atoms with Crippen LogP contribution in [0.3, 0.4) is 0 Å². The highest BCUT2D eigenvalue weighted by atomic mass is 16.2. The zero-order valence-corrected chi connectivity index (χ0v) is 15.4. The fraction of sp³-hybridized carbons (Fsp3) is 0.650. The molecule has 25 heavy (non-hydrogen) atoms. The maximum atomic E-state index is 12.7. The lowest BCUT2D eigenvalue weighted by atomic mass is 9.62. The van der Waals surface area contributed by atoms with E-state index in [0.717, 1.165) is 31.7 Å². The molecule has 3 fully saturated rings. The first-order valence-corrected chi connectivity index (χ1v) is 9.59. The van der Waals surface area contributed by atoms with Gasteiger partial charge in [-0.15, -0.1) is 0 Å². The zero-order valence-electron chi connectivity index (χ0n) is 15.4. The molecule has 2 N–H and O–H groups in total. The van der Waals surface area contributed by atoms with Gasteiger partial charge >= 0.3 is 6.03 Å². The van der Waals surface area contributed by atoms with Crippen LogP contribution >= 0.6 is 0 Å². The summed E-state index contributed by atoms with van der Waals surface area (Å²) < 4.78 is 0. The van der Waals surface area contributed by atoms with E-state index in [1.165, 1.54) is 31.2 Å². The molecule has 2 aliphatic heterocycles. The van der Waals surface area contributed by atoms with Gasteiger partial charge in [0.2, 0.25) is 0 Å². The number of hydrogen-bond donors (Lipinski definition) is 1. The number of nitrogens with two attached hydrogens (primary N) is 1. The fourth-order valence-corrected chi connectivity index (χ4v) is 4.70. The molecule has 1 aromatic rings. The van der Waals surface area contributed by atoms with Crippen molar-refractivity contribution in [2.24, 2.45) is 5.73 Å². The number of fused-ring (bicyclic) bond motifs is 1. The highest BCUT2D eigenvalue weighted by molar-refractivity contribution is 5.95. The molecule has 5 nitrogen and oxygen atoms in total. The van der Waals surface area contributed by atoms with Gasteiger partial charge in [-0.1, -0.05) is 18.6 Å². The molecule has 2 atom stereocenters. The Kier molecular flexibility index (Phi) is 4.24. The molecule has 2 heterocycles. The van der Waals surface area contributed by atoms with E-state index in [4.69, 9.17) is 5.73 Å². The molecule has 1 aliphatic carbocycles. The Morgan fingerprint density at radius 1 is 1.24 bits per heavy atom. The maximum Gasteiger partial charge on any atom is 0.324 e. The van der Waals surface area contributed by atoms with E-state index < -0.39 is 0 Å². The standard InChI is InChI=1S/C20H30N4O/c1-22(2)13-11-20(9-3-10-20)15-4-6-16(7-5-15)24-14-18-17(21)8-12-23(18)19(24)25/h4-7,17-18H,3,8-14,21H2,1-2H3/t17-,18-/m1/s1. The minimum Gasteiger partial charge on any atom is -0.326 e. The van der Waals surface area contributed by atoms with Gasteiger partial charge in [-0.3, -0.25) is 4.90 Å². The third kappa shape index (κ3) is 2.83. The SMILES string of the molecule is CN(C)CCC1(c2ccc(N3C[C@@H]4[C@H](N)CCN4C3=O)cc2)CCC1. The summed E-state index contributed by atoms with van der Waals surface area (Å²) in [6.07, 6.45) is 6.04. The van der Waals surface area contributed by atoms with E-state index in [-0.39, 0.29) is 18.1 Å². The Hall–Kier alpha value is -1.59. The summed E-state index contributed by atoms with van der Waals surface area (Å²) in [5.74, 6) is 0. The second-order valence-corrected chi connectivity index (χ2v) is 8.34. The van der Waals surface area contributed by atoms with Gasteiger partial charge in [0.1, 0.15) is 0 Å². The van der Waals surface area contributed by atoms with Gasteiger partial charge in [-0.2, -0.15) is 0 Å². The summed E-state index contributed by atoms with van der Waals surface area (Å²) in [6, 6.07) is 9.20. The molecule has 3 aliphatic rings. The van der Waals surface area contributed by atoms with Crippen LogP contribution in [0.5, 0.6) is 0 Å². The Bertz CT molecular complexity index is 638. The number of nitrogens with zero attached hydrogens (tertiary/aromatic N) is 3. The van der Waals surface area contributed by atoms with Crippen molar-refractivity contribution in [1.29, 1.82) is 0 Å². The summed E-state index contributed by atoms with van der Waals surface area (Å²) in [5.41, 5.74) is 8.96. The van der Waals surface area contributed by atoms with Crippen LogP contribution in [0.15, 0.2) is 24.3 Å². The number of anilines is 1. The van der Waals surface area contributed by atoms with Crippen LogP contribution in [-0.2, 0) is 5.41 Å². The molecule has 1 saturated carbocycles. The van der Waals surface area contributed by atoms with E-state index in [9.17, 15) is 4.79 Å². The van der Waals surface area contributed by atoms with Crippen molar-refractivity contribution in [3.8, 4) is 0 Å². The minimum absolute atomic E-state index is 0.122.